The first kappa shape index (κ1) is 13.9. The zero-order valence-electron chi connectivity index (χ0n) is 11.0. The highest BCUT2D eigenvalue weighted by Crippen LogP contribution is 2.32. The van der Waals surface area contributed by atoms with Gasteiger partial charge in [0.15, 0.2) is 5.69 Å². The summed E-state index contributed by atoms with van der Waals surface area (Å²) in [6.45, 7) is 0. The van der Waals surface area contributed by atoms with Crippen LogP contribution in [0.2, 0.25) is 5.02 Å². The number of nitriles is 1. The summed E-state index contributed by atoms with van der Waals surface area (Å²) in [5.41, 5.74) is 5.55. The molecule has 2 aromatic heterocycles. The average Bonchev–Trinajstić information content (AvgIpc) is 2.48. The molecule has 3 aromatic rings. The van der Waals surface area contributed by atoms with Crippen LogP contribution < -0.4 is 17.0 Å². The number of halogens is 1. The second-order valence-corrected chi connectivity index (χ2v) is 4.94. The fourth-order valence-corrected chi connectivity index (χ4v) is 2.34. The van der Waals surface area contributed by atoms with Gasteiger partial charge in [0.1, 0.15) is 11.7 Å². The number of nitrogens with two attached hydrogens (primary N) is 1. The van der Waals surface area contributed by atoms with Gasteiger partial charge in [-0.15, -0.1) is 0 Å². The SMILES string of the molecule is N#Cc1nc2[nH]c(=O)[nH]c(=O)c2c(-c2ccc(Cl)cc2)c1N. The van der Waals surface area contributed by atoms with E-state index >= 15 is 0 Å². The van der Waals surface area contributed by atoms with Crippen molar-refractivity contribution in [3.8, 4) is 17.2 Å². The Hall–Kier alpha value is -3.11. The second-order valence-electron chi connectivity index (χ2n) is 4.50. The van der Waals surface area contributed by atoms with Crippen molar-refractivity contribution in [2.75, 3.05) is 5.73 Å². The summed E-state index contributed by atoms with van der Waals surface area (Å²) in [4.78, 5) is 32.0. The van der Waals surface area contributed by atoms with Gasteiger partial charge in [0.2, 0.25) is 0 Å². The standard InChI is InChI=1S/C14H8ClN5O2/c15-7-3-1-6(2-4-7)9-10-12(18-8(5-16)11(9)17)19-14(22)20-13(10)21/h1-4H,17H2,(H2,18,19,20,21,22). The summed E-state index contributed by atoms with van der Waals surface area (Å²) in [6.07, 6.45) is 0. The van der Waals surface area contributed by atoms with Crippen LogP contribution in [0, 0.1) is 11.3 Å². The molecule has 0 aliphatic rings. The molecule has 3 rings (SSSR count). The lowest BCUT2D eigenvalue weighted by atomic mass is 10.0. The largest absolute Gasteiger partial charge is 0.396 e. The molecule has 0 saturated carbocycles. The minimum Gasteiger partial charge on any atom is -0.396 e. The third-order valence-corrected chi connectivity index (χ3v) is 3.41. The number of hydrogen-bond donors (Lipinski definition) is 3. The van der Waals surface area contributed by atoms with Gasteiger partial charge in [-0.3, -0.25) is 14.8 Å². The van der Waals surface area contributed by atoms with E-state index in [9.17, 15) is 9.59 Å². The minimum absolute atomic E-state index is 0.00412. The van der Waals surface area contributed by atoms with Crippen LogP contribution in [0.5, 0.6) is 0 Å². The normalized spacial score (nSPS) is 10.5. The van der Waals surface area contributed by atoms with Crippen LogP contribution in [0.3, 0.4) is 0 Å². The van der Waals surface area contributed by atoms with Crippen molar-refractivity contribution in [1.29, 1.82) is 5.26 Å². The van der Waals surface area contributed by atoms with Crippen LogP contribution in [0.4, 0.5) is 5.69 Å². The van der Waals surface area contributed by atoms with Gasteiger partial charge in [0.05, 0.1) is 11.1 Å². The topological polar surface area (TPSA) is 128 Å². The Bertz CT molecular complexity index is 1040. The molecule has 22 heavy (non-hydrogen) atoms. The van der Waals surface area contributed by atoms with E-state index in [4.69, 9.17) is 22.6 Å². The lowest BCUT2D eigenvalue weighted by Gasteiger charge is -2.10. The Labute approximate surface area is 128 Å². The Kier molecular flexibility index (Phi) is 3.16. The van der Waals surface area contributed by atoms with Crippen LogP contribution in [0.25, 0.3) is 22.2 Å². The Morgan fingerprint density at radius 1 is 1.18 bits per heavy atom. The van der Waals surface area contributed by atoms with Crippen molar-refractivity contribution in [3.63, 3.8) is 0 Å². The molecule has 0 amide bonds. The van der Waals surface area contributed by atoms with Crippen LogP contribution in [0.15, 0.2) is 33.9 Å². The number of rotatable bonds is 1. The molecule has 108 valence electrons. The number of aromatic nitrogens is 3. The zero-order valence-corrected chi connectivity index (χ0v) is 11.7. The van der Waals surface area contributed by atoms with Gasteiger partial charge in [-0.2, -0.15) is 5.26 Å². The van der Waals surface area contributed by atoms with Crippen molar-refractivity contribution >= 4 is 28.3 Å². The van der Waals surface area contributed by atoms with Crippen LogP contribution in [-0.2, 0) is 0 Å². The highest BCUT2D eigenvalue weighted by molar-refractivity contribution is 6.30. The summed E-state index contributed by atoms with van der Waals surface area (Å²) < 4.78 is 0. The Balaban J connectivity index is 2.54. The number of hydrogen-bond acceptors (Lipinski definition) is 5. The third-order valence-electron chi connectivity index (χ3n) is 3.16. The quantitative estimate of drug-likeness (QED) is 0.625. The third kappa shape index (κ3) is 2.12. The molecule has 0 aliphatic heterocycles. The van der Waals surface area contributed by atoms with E-state index in [1.165, 1.54) is 0 Å². The first-order chi connectivity index (χ1) is 10.5. The van der Waals surface area contributed by atoms with E-state index in [0.717, 1.165) is 0 Å². The summed E-state index contributed by atoms with van der Waals surface area (Å²) in [7, 11) is 0. The Morgan fingerprint density at radius 3 is 2.50 bits per heavy atom. The van der Waals surface area contributed by atoms with Crippen LogP contribution in [-0.4, -0.2) is 15.0 Å². The maximum Gasteiger partial charge on any atom is 0.327 e. The van der Waals surface area contributed by atoms with E-state index in [2.05, 4.69) is 15.0 Å². The number of pyridine rings is 1. The lowest BCUT2D eigenvalue weighted by molar-refractivity contribution is 1.06. The number of H-pyrrole nitrogens is 2. The van der Waals surface area contributed by atoms with Gasteiger partial charge >= 0.3 is 5.69 Å². The van der Waals surface area contributed by atoms with Crippen molar-refractivity contribution in [3.05, 3.63) is 55.8 Å². The van der Waals surface area contributed by atoms with Gasteiger partial charge in [-0.1, -0.05) is 23.7 Å². The van der Waals surface area contributed by atoms with Crippen LogP contribution in [0.1, 0.15) is 5.69 Å². The predicted molar refractivity (Wildman–Crippen MR) is 82.6 cm³/mol. The Morgan fingerprint density at radius 2 is 1.86 bits per heavy atom. The summed E-state index contributed by atoms with van der Waals surface area (Å²) >= 11 is 5.86. The van der Waals surface area contributed by atoms with Crippen molar-refractivity contribution in [1.82, 2.24) is 15.0 Å². The molecule has 0 bridgehead atoms. The molecule has 0 saturated heterocycles. The molecule has 0 unspecified atom stereocenters. The van der Waals surface area contributed by atoms with Gasteiger partial charge in [-0.25, -0.2) is 9.78 Å². The number of fused-ring (bicyclic) bond motifs is 1. The summed E-state index contributed by atoms with van der Waals surface area (Å²) in [5.74, 6) is 0. The number of nitrogens with one attached hydrogen (secondary N) is 2. The summed E-state index contributed by atoms with van der Waals surface area (Å²) in [5, 5.41) is 9.77. The van der Waals surface area contributed by atoms with E-state index < -0.39 is 11.2 Å². The molecular weight excluding hydrogens is 306 g/mol. The molecule has 0 fully saturated rings. The van der Waals surface area contributed by atoms with Crippen LogP contribution >= 0.6 is 11.6 Å². The highest BCUT2D eigenvalue weighted by atomic mass is 35.5. The molecule has 0 spiro atoms. The fraction of sp³-hybridized carbons (Fsp3) is 0. The maximum absolute atomic E-state index is 12.1. The van der Waals surface area contributed by atoms with Gasteiger partial charge < -0.3 is 5.73 Å². The molecule has 0 atom stereocenters. The van der Waals surface area contributed by atoms with E-state index in [1.54, 1.807) is 24.3 Å². The molecule has 0 radical (unpaired) electrons. The predicted octanol–water partition coefficient (Wildman–Crippen LogP) is 1.39. The molecule has 7 nitrogen and oxygen atoms in total. The zero-order chi connectivity index (χ0) is 15.9. The summed E-state index contributed by atoms with van der Waals surface area (Å²) in [6, 6.07) is 8.45. The highest BCUT2D eigenvalue weighted by Gasteiger charge is 2.17. The van der Waals surface area contributed by atoms with Crippen molar-refractivity contribution in [2.45, 2.75) is 0 Å². The minimum atomic E-state index is -0.708. The van der Waals surface area contributed by atoms with E-state index in [-0.39, 0.29) is 22.4 Å². The number of benzene rings is 1. The van der Waals surface area contributed by atoms with Gasteiger partial charge in [0, 0.05) is 10.6 Å². The second kappa shape index (κ2) is 5.02. The smallest absolute Gasteiger partial charge is 0.327 e. The fourth-order valence-electron chi connectivity index (χ4n) is 2.22. The van der Waals surface area contributed by atoms with Crippen molar-refractivity contribution < 1.29 is 0 Å². The number of aromatic amines is 2. The number of nitrogen functional groups attached to an aromatic ring is 1. The average molecular weight is 314 g/mol. The number of anilines is 1. The first-order valence-electron chi connectivity index (χ1n) is 6.13. The van der Waals surface area contributed by atoms with Gasteiger partial charge in [0.25, 0.3) is 5.56 Å². The van der Waals surface area contributed by atoms with Crippen molar-refractivity contribution in [2.24, 2.45) is 0 Å². The molecule has 2 heterocycles. The monoisotopic (exact) mass is 313 g/mol. The molecule has 0 aliphatic carbocycles. The number of nitrogens with zero attached hydrogens (tertiary/aromatic N) is 2. The van der Waals surface area contributed by atoms with E-state index in [0.29, 0.717) is 16.1 Å². The maximum atomic E-state index is 12.1. The van der Waals surface area contributed by atoms with Gasteiger partial charge in [-0.05, 0) is 17.7 Å². The molecular formula is C14H8ClN5O2. The molecule has 4 N–H and O–H groups in total. The lowest BCUT2D eigenvalue weighted by Crippen LogP contribution is -2.23. The van der Waals surface area contributed by atoms with E-state index in [1.807, 2.05) is 6.07 Å². The first-order valence-corrected chi connectivity index (χ1v) is 6.51. The molecule has 8 heteroatoms. The molecule has 1 aromatic carbocycles.